The Hall–Kier alpha value is -2.29. The first kappa shape index (κ1) is 12.7. The Balaban J connectivity index is 1.87. The first-order valence-electron chi connectivity index (χ1n) is 6.78. The van der Waals surface area contributed by atoms with Crippen molar-refractivity contribution in [2.75, 3.05) is 5.73 Å². The van der Waals surface area contributed by atoms with E-state index in [0.717, 1.165) is 27.9 Å². The van der Waals surface area contributed by atoms with Crippen LogP contribution in [0.5, 0.6) is 0 Å². The Morgan fingerprint density at radius 2 is 1.65 bits per heavy atom. The van der Waals surface area contributed by atoms with Crippen molar-refractivity contribution in [3.05, 3.63) is 64.2 Å². The Morgan fingerprint density at radius 3 is 2.35 bits per heavy atom. The average molecular weight is 266 g/mol. The second kappa shape index (κ2) is 4.67. The standard InChI is InChI=1S/C17H18N2O/c1-11-5-12(2)7-14(6-11)17(20)19-9-13-3-4-16(18)8-15(13)10-19/h3-8H,9-10,18H2,1-2H3. The average Bonchev–Trinajstić information content (AvgIpc) is 2.79. The van der Waals surface area contributed by atoms with Crippen molar-refractivity contribution in [1.29, 1.82) is 0 Å². The van der Waals surface area contributed by atoms with Crippen LogP contribution >= 0.6 is 0 Å². The molecule has 0 saturated heterocycles. The van der Waals surface area contributed by atoms with E-state index in [9.17, 15) is 4.79 Å². The highest BCUT2D eigenvalue weighted by molar-refractivity contribution is 5.95. The monoisotopic (exact) mass is 266 g/mol. The van der Waals surface area contributed by atoms with Crippen molar-refractivity contribution < 1.29 is 4.79 Å². The number of benzene rings is 2. The van der Waals surface area contributed by atoms with Crippen molar-refractivity contribution in [2.24, 2.45) is 0 Å². The van der Waals surface area contributed by atoms with Gasteiger partial charge in [0.15, 0.2) is 0 Å². The van der Waals surface area contributed by atoms with E-state index < -0.39 is 0 Å². The molecule has 0 aromatic heterocycles. The lowest BCUT2D eigenvalue weighted by Crippen LogP contribution is -2.25. The molecule has 3 nitrogen and oxygen atoms in total. The molecule has 1 amide bonds. The maximum absolute atomic E-state index is 12.6. The number of fused-ring (bicyclic) bond motifs is 1. The zero-order valence-corrected chi connectivity index (χ0v) is 11.8. The van der Waals surface area contributed by atoms with Crippen molar-refractivity contribution in [2.45, 2.75) is 26.9 Å². The molecule has 0 spiro atoms. The minimum absolute atomic E-state index is 0.0894. The van der Waals surface area contributed by atoms with E-state index in [1.807, 2.05) is 49.1 Å². The predicted molar refractivity (Wildman–Crippen MR) is 80.3 cm³/mol. The molecular weight excluding hydrogens is 248 g/mol. The van der Waals surface area contributed by atoms with Gasteiger partial charge in [-0.05, 0) is 49.2 Å². The number of nitrogens with two attached hydrogens (primary N) is 1. The van der Waals surface area contributed by atoms with Crippen LogP contribution in [0.3, 0.4) is 0 Å². The van der Waals surface area contributed by atoms with Gasteiger partial charge in [0.2, 0.25) is 0 Å². The molecule has 1 aliphatic rings. The normalized spacial score (nSPS) is 13.4. The van der Waals surface area contributed by atoms with Gasteiger partial charge >= 0.3 is 0 Å². The van der Waals surface area contributed by atoms with E-state index >= 15 is 0 Å². The van der Waals surface area contributed by atoms with Crippen molar-refractivity contribution >= 4 is 11.6 Å². The molecule has 0 unspecified atom stereocenters. The third-order valence-corrected chi connectivity index (χ3v) is 3.71. The molecule has 0 saturated carbocycles. The summed E-state index contributed by atoms with van der Waals surface area (Å²) in [5.41, 5.74) is 11.9. The minimum atomic E-state index is 0.0894. The Bertz CT molecular complexity index is 671. The highest BCUT2D eigenvalue weighted by Crippen LogP contribution is 2.26. The van der Waals surface area contributed by atoms with Gasteiger partial charge in [0.25, 0.3) is 5.91 Å². The van der Waals surface area contributed by atoms with Gasteiger partial charge < -0.3 is 10.6 Å². The summed E-state index contributed by atoms with van der Waals surface area (Å²) in [5, 5.41) is 0. The van der Waals surface area contributed by atoms with Crippen LogP contribution in [0.15, 0.2) is 36.4 Å². The van der Waals surface area contributed by atoms with E-state index in [4.69, 9.17) is 5.73 Å². The van der Waals surface area contributed by atoms with Crippen LogP contribution in [0.4, 0.5) is 5.69 Å². The van der Waals surface area contributed by atoms with Crippen LogP contribution in [0.25, 0.3) is 0 Å². The van der Waals surface area contributed by atoms with Crippen LogP contribution in [-0.4, -0.2) is 10.8 Å². The number of carbonyl (C=O) groups excluding carboxylic acids is 1. The van der Waals surface area contributed by atoms with E-state index in [-0.39, 0.29) is 5.91 Å². The van der Waals surface area contributed by atoms with Gasteiger partial charge in [-0.3, -0.25) is 4.79 Å². The molecule has 2 N–H and O–H groups in total. The fraction of sp³-hybridized carbons (Fsp3) is 0.235. The van der Waals surface area contributed by atoms with Crippen molar-refractivity contribution in [1.82, 2.24) is 4.90 Å². The molecule has 2 aromatic carbocycles. The predicted octanol–water partition coefficient (Wildman–Crippen LogP) is 3.04. The Kier molecular flexibility index (Phi) is 2.97. The number of carbonyl (C=O) groups is 1. The fourth-order valence-electron chi connectivity index (χ4n) is 2.84. The number of amides is 1. The lowest BCUT2D eigenvalue weighted by atomic mass is 10.1. The van der Waals surface area contributed by atoms with Crippen LogP contribution in [0.2, 0.25) is 0 Å². The summed E-state index contributed by atoms with van der Waals surface area (Å²) in [5.74, 6) is 0.0894. The highest BCUT2D eigenvalue weighted by Gasteiger charge is 2.24. The summed E-state index contributed by atoms with van der Waals surface area (Å²) in [6.45, 7) is 5.35. The van der Waals surface area contributed by atoms with Crippen molar-refractivity contribution in [3.63, 3.8) is 0 Å². The topological polar surface area (TPSA) is 46.3 Å². The minimum Gasteiger partial charge on any atom is -0.399 e. The van der Waals surface area contributed by atoms with Gasteiger partial charge in [0, 0.05) is 24.3 Å². The van der Waals surface area contributed by atoms with Crippen LogP contribution in [0, 0.1) is 13.8 Å². The van der Waals surface area contributed by atoms with E-state index in [0.29, 0.717) is 13.1 Å². The molecule has 0 atom stereocenters. The van der Waals surface area contributed by atoms with Gasteiger partial charge in [0.1, 0.15) is 0 Å². The molecule has 0 fully saturated rings. The molecule has 20 heavy (non-hydrogen) atoms. The number of nitrogen functional groups attached to an aromatic ring is 1. The quantitative estimate of drug-likeness (QED) is 0.806. The maximum atomic E-state index is 12.6. The van der Waals surface area contributed by atoms with Gasteiger partial charge in [0.05, 0.1) is 0 Å². The molecule has 0 aliphatic carbocycles. The summed E-state index contributed by atoms with van der Waals surface area (Å²) in [6, 6.07) is 11.8. The highest BCUT2D eigenvalue weighted by atomic mass is 16.2. The molecule has 1 heterocycles. The molecular formula is C17H18N2O. The Labute approximate surface area is 119 Å². The number of nitrogens with zero attached hydrogens (tertiary/aromatic N) is 1. The Morgan fingerprint density at radius 1 is 1.00 bits per heavy atom. The fourth-order valence-corrected chi connectivity index (χ4v) is 2.84. The van der Waals surface area contributed by atoms with Crippen LogP contribution < -0.4 is 5.73 Å². The maximum Gasteiger partial charge on any atom is 0.254 e. The van der Waals surface area contributed by atoms with Crippen LogP contribution in [0.1, 0.15) is 32.6 Å². The SMILES string of the molecule is Cc1cc(C)cc(C(=O)N2Cc3ccc(N)cc3C2)c1. The molecule has 102 valence electrons. The molecule has 0 radical (unpaired) electrons. The van der Waals surface area contributed by atoms with E-state index in [1.165, 1.54) is 5.56 Å². The summed E-state index contributed by atoms with van der Waals surface area (Å²) in [6.07, 6.45) is 0. The summed E-state index contributed by atoms with van der Waals surface area (Å²) < 4.78 is 0. The number of anilines is 1. The molecule has 0 bridgehead atoms. The van der Waals surface area contributed by atoms with Gasteiger partial charge in [-0.2, -0.15) is 0 Å². The second-order valence-corrected chi connectivity index (χ2v) is 5.57. The van der Waals surface area contributed by atoms with E-state index in [2.05, 4.69) is 6.07 Å². The van der Waals surface area contributed by atoms with Gasteiger partial charge in [-0.1, -0.05) is 23.3 Å². The molecule has 2 aromatic rings. The lowest BCUT2D eigenvalue weighted by molar-refractivity contribution is 0.0751. The number of rotatable bonds is 1. The second-order valence-electron chi connectivity index (χ2n) is 5.57. The van der Waals surface area contributed by atoms with Crippen LogP contribution in [-0.2, 0) is 13.1 Å². The molecule has 3 rings (SSSR count). The molecule has 1 aliphatic heterocycles. The van der Waals surface area contributed by atoms with Gasteiger partial charge in [-0.15, -0.1) is 0 Å². The summed E-state index contributed by atoms with van der Waals surface area (Å²) >= 11 is 0. The first-order valence-corrected chi connectivity index (χ1v) is 6.78. The van der Waals surface area contributed by atoms with E-state index in [1.54, 1.807) is 0 Å². The van der Waals surface area contributed by atoms with Crippen molar-refractivity contribution in [3.8, 4) is 0 Å². The third kappa shape index (κ3) is 2.27. The third-order valence-electron chi connectivity index (χ3n) is 3.71. The largest absolute Gasteiger partial charge is 0.399 e. The number of hydrogen-bond acceptors (Lipinski definition) is 2. The number of aryl methyl sites for hydroxylation is 2. The summed E-state index contributed by atoms with van der Waals surface area (Å²) in [4.78, 5) is 14.5. The zero-order valence-electron chi connectivity index (χ0n) is 11.8. The van der Waals surface area contributed by atoms with Gasteiger partial charge in [-0.25, -0.2) is 0 Å². The summed E-state index contributed by atoms with van der Waals surface area (Å²) in [7, 11) is 0. The number of hydrogen-bond donors (Lipinski definition) is 1. The lowest BCUT2D eigenvalue weighted by Gasteiger charge is -2.16. The smallest absolute Gasteiger partial charge is 0.254 e. The first-order chi connectivity index (χ1) is 9.52. The molecule has 3 heteroatoms. The zero-order chi connectivity index (χ0) is 14.3.